The predicted molar refractivity (Wildman–Crippen MR) is 71.0 cm³/mol. The SMILES string of the molecule is O=S(=O)(CC1CCCN1)NCCCOCC1CC1. The minimum atomic E-state index is -3.12. The Hall–Kier alpha value is -0.170. The Bertz CT molecular complexity index is 335. The largest absolute Gasteiger partial charge is 0.381 e. The molecule has 1 aliphatic carbocycles. The average molecular weight is 276 g/mol. The van der Waals surface area contributed by atoms with Crippen LogP contribution in [0.2, 0.25) is 0 Å². The molecule has 1 saturated carbocycles. The number of nitrogens with one attached hydrogen (secondary N) is 2. The van der Waals surface area contributed by atoms with Gasteiger partial charge in [0, 0.05) is 25.8 Å². The second kappa shape index (κ2) is 6.84. The molecule has 106 valence electrons. The van der Waals surface area contributed by atoms with Crippen molar-refractivity contribution in [3.63, 3.8) is 0 Å². The highest BCUT2D eigenvalue weighted by atomic mass is 32.2. The van der Waals surface area contributed by atoms with Crippen molar-refractivity contribution in [2.75, 3.05) is 32.1 Å². The Balaban J connectivity index is 1.50. The van der Waals surface area contributed by atoms with Crippen molar-refractivity contribution in [3.8, 4) is 0 Å². The van der Waals surface area contributed by atoms with E-state index in [1.807, 2.05) is 0 Å². The number of ether oxygens (including phenoxy) is 1. The van der Waals surface area contributed by atoms with Gasteiger partial charge in [0.15, 0.2) is 0 Å². The first-order valence-corrected chi connectivity index (χ1v) is 8.59. The van der Waals surface area contributed by atoms with Gasteiger partial charge < -0.3 is 10.1 Å². The second-order valence-corrected chi connectivity index (χ2v) is 7.19. The molecule has 5 nitrogen and oxygen atoms in total. The van der Waals surface area contributed by atoms with Crippen molar-refractivity contribution < 1.29 is 13.2 Å². The third-order valence-electron chi connectivity index (χ3n) is 3.42. The molecule has 0 aromatic heterocycles. The number of hydrogen-bond acceptors (Lipinski definition) is 4. The Morgan fingerprint density at radius 3 is 2.78 bits per heavy atom. The van der Waals surface area contributed by atoms with E-state index in [0.717, 1.165) is 38.3 Å². The van der Waals surface area contributed by atoms with Gasteiger partial charge in [0.25, 0.3) is 0 Å². The maximum atomic E-state index is 11.7. The molecule has 0 radical (unpaired) electrons. The summed E-state index contributed by atoms with van der Waals surface area (Å²) in [5.74, 6) is 0.978. The molecule has 2 N–H and O–H groups in total. The summed E-state index contributed by atoms with van der Waals surface area (Å²) in [4.78, 5) is 0. The van der Waals surface area contributed by atoms with Crippen LogP contribution in [0.5, 0.6) is 0 Å². The first-order valence-electron chi connectivity index (χ1n) is 6.94. The molecule has 18 heavy (non-hydrogen) atoms. The molecule has 1 atom stereocenters. The van der Waals surface area contributed by atoms with E-state index in [1.54, 1.807) is 0 Å². The molecule has 1 aliphatic heterocycles. The van der Waals surface area contributed by atoms with E-state index in [0.29, 0.717) is 13.2 Å². The van der Waals surface area contributed by atoms with E-state index in [-0.39, 0.29) is 11.8 Å². The molecule has 1 heterocycles. The lowest BCUT2D eigenvalue weighted by atomic mass is 10.3. The van der Waals surface area contributed by atoms with Crippen LogP contribution in [0.4, 0.5) is 0 Å². The lowest BCUT2D eigenvalue weighted by Gasteiger charge is -2.11. The van der Waals surface area contributed by atoms with Gasteiger partial charge >= 0.3 is 0 Å². The van der Waals surface area contributed by atoms with E-state index in [2.05, 4.69) is 10.0 Å². The third-order valence-corrected chi connectivity index (χ3v) is 4.91. The van der Waals surface area contributed by atoms with Crippen LogP contribution >= 0.6 is 0 Å². The highest BCUT2D eigenvalue weighted by molar-refractivity contribution is 7.89. The van der Waals surface area contributed by atoms with E-state index < -0.39 is 10.0 Å². The molecule has 1 unspecified atom stereocenters. The fourth-order valence-corrected chi connectivity index (χ4v) is 3.55. The Kier molecular flexibility index (Phi) is 5.41. The maximum Gasteiger partial charge on any atom is 0.213 e. The van der Waals surface area contributed by atoms with Gasteiger partial charge in [-0.25, -0.2) is 13.1 Å². The molecule has 0 bridgehead atoms. The van der Waals surface area contributed by atoms with Gasteiger partial charge in [-0.3, -0.25) is 0 Å². The summed E-state index contributed by atoms with van der Waals surface area (Å²) in [6, 6.07) is 0.133. The second-order valence-electron chi connectivity index (χ2n) is 5.34. The predicted octanol–water partition coefficient (Wildman–Crippen LogP) is 0.475. The zero-order chi connectivity index (χ0) is 12.8. The van der Waals surface area contributed by atoms with Crippen LogP contribution in [0.15, 0.2) is 0 Å². The molecule has 0 aromatic carbocycles. The van der Waals surface area contributed by atoms with Crippen molar-refractivity contribution in [2.24, 2.45) is 5.92 Å². The molecule has 2 aliphatic rings. The first-order chi connectivity index (χ1) is 8.66. The van der Waals surface area contributed by atoms with Gasteiger partial charge in [-0.05, 0) is 44.6 Å². The molecule has 2 rings (SSSR count). The van der Waals surface area contributed by atoms with Gasteiger partial charge in [0.2, 0.25) is 10.0 Å². The molecule has 0 spiro atoms. The van der Waals surface area contributed by atoms with Crippen LogP contribution in [0.25, 0.3) is 0 Å². The fraction of sp³-hybridized carbons (Fsp3) is 1.00. The summed E-state index contributed by atoms with van der Waals surface area (Å²) >= 11 is 0. The maximum absolute atomic E-state index is 11.7. The standard InChI is InChI=1S/C12H24N2O3S/c15-18(16,10-12-3-1-6-13-12)14-7-2-8-17-9-11-4-5-11/h11-14H,1-10H2. The van der Waals surface area contributed by atoms with Crippen LogP contribution in [0.1, 0.15) is 32.1 Å². The van der Waals surface area contributed by atoms with Crippen LogP contribution in [0.3, 0.4) is 0 Å². The van der Waals surface area contributed by atoms with E-state index in [9.17, 15) is 8.42 Å². The third kappa shape index (κ3) is 5.65. The lowest BCUT2D eigenvalue weighted by Crippen LogP contribution is -2.37. The Morgan fingerprint density at radius 1 is 1.28 bits per heavy atom. The van der Waals surface area contributed by atoms with Crippen LogP contribution in [-0.2, 0) is 14.8 Å². The summed E-state index contributed by atoms with van der Waals surface area (Å²) in [7, 11) is -3.12. The van der Waals surface area contributed by atoms with Gasteiger partial charge in [-0.2, -0.15) is 0 Å². The van der Waals surface area contributed by atoms with Crippen molar-refractivity contribution in [2.45, 2.75) is 38.1 Å². The highest BCUT2D eigenvalue weighted by Gasteiger charge is 2.22. The molecule has 6 heteroatoms. The van der Waals surface area contributed by atoms with Crippen LogP contribution in [-0.4, -0.2) is 46.5 Å². The van der Waals surface area contributed by atoms with Crippen molar-refractivity contribution >= 4 is 10.0 Å². The lowest BCUT2D eigenvalue weighted by molar-refractivity contribution is 0.123. The van der Waals surface area contributed by atoms with E-state index >= 15 is 0 Å². The van der Waals surface area contributed by atoms with Gasteiger partial charge in [0.05, 0.1) is 5.75 Å². The van der Waals surface area contributed by atoms with Crippen LogP contribution < -0.4 is 10.0 Å². The summed E-state index contributed by atoms with van der Waals surface area (Å²) in [5.41, 5.74) is 0. The minimum Gasteiger partial charge on any atom is -0.381 e. The van der Waals surface area contributed by atoms with E-state index in [1.165, 1.54) is 12.8 Å². The molecule has 2 fully saturated rings. The quantitative estimate of drug-likeness (QED) is 0.601. The topological polar surface area (TPSA) is 67.4 Å². The Labute approximate surface area is 110 Å². The normalized spacial score (nSPS) is 24.6. The summed E-state index contributed by atoms with van der Waals surface area (Å²) in [6.45, 7) is 2.92. The molecule has 1 saturated heterocycles. The molecule has 0 amide bonds. The average Bonchev–Trinajstić information content (AvgIpc) is 3.01. The minimum absolute atomic E-state index is 0.133. The Morgan fingerprint density at radius 2 is 2.11 bits per heavy atom. The zero-order valence-corrected chi connectivity index (χ0v) is 11.7. The summed E-state index contributed by atoms with van der Waals surface area (Å²) < 4.78 is 31.6. The number of rotatable bonds is 9. The van der Waals surface area contributed by atoms with Crippen LogP contribution in [0, 0.1) is 5.92 Å². The summed E-state index contributed by atoms with van der Waals surface area (Å²) in [5, 5.41) is 3.20. The van der Waals surface area contributed by atoms with Crippen molar-refractivity contribution in [3.05, 3.63) is 0 Å². The van der Waals surface area contributed by atoms with Crippen molar-refractivity contribution in [1.29, 1.82) is 0 Å². The molecule has 0 aromatic rings. The van der Waals surface area contributed by atoms with Crippen molar-refractivity contribution in [1.82, 2.24) is 10.0 Å². The summed E-state index contributed by atoms with van der Waals surface area (Å²) in [6.07, 6.45) is 5.38. The monoisotopic (exact) mass is 276 g/mol. The molecular weight excluding hydrogens is 252 g/mol. The fourth-order valence-electron chi connectivity index (χ4n) is 2.16. The van der Waals surface area contributed by atoms with Gasteiger partial charge in [-0.1, -0.05) is 0 Å². The van der Waals surface area contributed by atoms with E-state index in [4.69, 9.17) is 4.74 Å². The number of hydrogen-bond donors (Lipinski definition) is 2. The van der Waals surface area contributed by atoms with Gasteiger partial charge in [-0.15, -0.1) is 0 Å². The zero-order valence-electron chi connectivity index (χ0n) is 10.9. The molecular formula is C12H24N2O3S. The highest BCUT2D eigenvalue weighted by Crippen LogP contribution is 2.28. The first kappa shape index (κ1) is 14.2. The smallest absolute Gasteiger partial charge is 0.213 e. The van der Waals surface area contributed by atoms with Gasteiger partial charge in [0.1, 0.15) is 0 Å². The number of sulfonamides is 1.